The van der Waals surface area contributed by atoms with E-state index in [1.54, 1.807) is 26.0 Å². The molecule has 0 spiro atoms. The van der Waals surface area contributed by atoms with Gasteiger partial charge in [0.15, 0.2) is 5.41 Å². The maximum absolute atomic E-state index is 12.5. The first-order valence-corrected chi connectivity index (χ1v) is 8.38. The summed E-state index contributed by atoms with van der Waals surface area (Å²) < 4.78 is 10.3. The van der Waals surface area contributed by atoms with Crippen LogP contribution in [-0.2, 0) is 19.1 Å². The van der Waals surface area contributed by atoms with Gasteiger partial charge in [-0.15, -0.1) is 0 Å². The van der Waals surface area contributed by atoms with E-state index >= 15 is 0 Å². The van der Waals surface area contributed by atoms with Crippen LogP contribution in [0.25, 0.3) is 0 Å². The van der Waals surface area contributed by atoms with E-state index in [-0.39, 0.29) is 25.0 Å². The molecule has 132 valence electrons. The van der Waals surface area contributed by atoms with Crippen molar-refractivity contribution in [3.63, 3.8) is 0 Å². The lowest BCUT2D eigenvalue weighted by Gasteiger charge is -2.44. The lowest BCUT2D eigenvalue weighted by Crippen LogP contribution is -2.51. The predicted molar refractivity (Wildman–Crippen MR) is 87.6 cm³/mol. The van der Waals surface area contributed by atoms with E-state index in [1.165, 1.54) is 0 Å². The van der Waals surface area contributed by atoms with Gasteiger partial charge >= 0.3 is 11.9 Å². The molecule has 1 aliphatic carbocycles. The number of ether oxygens (including phenoxy) is 2. The van der Waals surface area contributed by atoms with Crippen LogP contribution in [0, 0.1) is 22.7 Å². The van der Waals surface area contributed by atoms with E-state index in [4.69, 9.17) is 9.47 Å². The van der Waals surface area contributed by atoms with Gasteiger partial charge in [-0.05, 0) is 32.1 Å². The molecule has 5 nitrogen and oxygen atoms in total. The van der Waals surface area contributed by atoms with Gasteiger partial charge in [-0.25, -0.2) is 0 Å². The number of carbonyl (C=O) groups is 2. The van der Waals surface area contributed by atoms with Gasteiger partial charge in [0.25, 0.3) is 0 Å². The van der Waals surface area contributed by atoms with E-state index in [0.717, 1.165) is 0 Å². The summed E-state index contributed by atoms with van der Waals surface area (Å²) in [5.41, 5.74) is -1.92. The van der Waals surface area contributed by atoms with E-state index in [9.17, 15) is 14.7 Å². The quantitative estimate of drug-likeness (QED) is 0.461. The molecule has 1 rings (SSSR count). The molecule has 0 saturated heterocycles. The van der Waals surface area contributed by atoms with Gasteiger partial charge in [0.05, 0.1) is 19.3 Å². The lowest BCUT2D eigenvalue weighted by molar-refractivity contribution is -0.173. The third kappa shape index (κ3) is 3.60. The van der Waals surface area contributed by atoms with Gasteiger partial charge in [-0.1, -0.05) is 39.8 Å². The minimum Gasteiger partial charge on any atom is -0.465 e. The summed E-state index contributed by atoms with van der Waals surface area (Å²) in [6, 6.07) is 0. The molecular weight excluding hydrogens is 296 g/mol. The van der Waals surface area contributed by atoms with Gasteiger partial charge in [-0.2, -0.15) is 0 Å². The van der Waals surface area contributed by atoms with Gasteiger partial charge < -0.3 is 14.6 Å². The van der Waals surface area contributed by atoms with Gasteiger partial charge in [0.2, 0.25) is 0 Å². The predicted octanol–water partition coefficient (Wildman–Crippen LogP) is 2.72. The number of rotatable bonds is 6. The van der Waals surface area contributed by atoms with E-state index in [0.29, 0.717) is 6.42 Å². The second kappa shape index (κ2) is 7.47. The molecule has 1 aliphatic rings. The van der Waals surface area contributed by atoms with Crippen molar-refractivity contribution in [3.8, 4) is 0 Å². The highest BCUT2D eigenvalue weighted by molar-refractivity contribution is 6.03. The highest BCUT2D eigenvalue weighted by atomic mass is 16.6. The summed E-state index contributed by atoms with van der Waals surface area (Å²) in [5, 5.41) is 10.5. The molecule has 0 aromatic heterocycles. The first kappa shape index (κ1) is 19.7. The van der Waals surface area contributed by atoms with Crippen molar-refractivity contribution in [1.29, 1.82) is 0 Å². The second-order valence-electron chi connectivity index (χ2n) is 6.94. The number of hydrogen-bond acceptors (Lipinski definition) is 5. The van der Waals surface area contributed by atoms with Crippen LogP contribution in [0.15, 0.2) is 12.2 Å². The van der Waals surface area contributed by atoms with E-state index < -0.39 is 28.9 Å². The molecule has 0 radical (unpaired) electrons. The van der Waals surface area contributed by atoms with Gasteiger partial charge in [0.1, 0.15) is 0 Å². The molecule has 0 aliphatic heterocycles. The fourth-order valence-electron chi connectivity index (χ4n) is 3.48. The van der Waals surface area contributed by atoms with Crippen LogP contribution in [0.2, 0.25) is 0 Å². The molecule has 0 aromatic rings. The molecule has 0 amide bonds. The van der Waals surface area contributed by atoms with E-state index in [2.05, 4.69) is 0 Å². The second-order valence-corrected chi connectivity index (χ2v) is 6.94. The average Bonchev–Trinajstić information content (AvgIpc) is 2.47. The van der Waals surface area contributed by atoms with Crippen LogP contribution < -0.4 is 0 Å². The van der Waals surface area contributed by atoms with Crippen molar-refractivity contribution in [2.45, 2.75) is 54.1 Å². The fraction of sp³-hybridized carbons (Fsp3) is 0.778. The number of esters is 2. The molecule has 0 aromatic carbocycles. The summed E-state index contributed by atoms with van der Waals surface area (Å²) in [4.78, 5) is 25.0. The summed E-state index contributed by atoms with van der Waals surface area (Å²) >= 11 is 0. The number of carbonyl (C=O) groups excluding carboxylic acids is 2. The van der Waals surface area contributed by atoms with Crippen LogP contribution in [0.5, 0.6) is 0 Å². The topological polar surface area (TPSA) is 72.8 Å². The molecule has 0 saturated carbocycles. The zero-order valence-corrected chi connectivity index (χ0v) is 15.1. The van der Waals surface area contributed by atoms with Crippen molar-refractivity contribution in [2.24, 2.45) is 22.7 Å². The normalized spacial score (nSPS) is 27.6. The van der Waals surface area contributed by atoms with Crippen molar-refractivity contribution >= 4 is 11.9 Å². The molecule has 0 unspecified atom stereocenters. The highest BCUT2D eigenvalue weighted by Crippen LogP contribution is 2.48. The first-order chi connectivity index (χ1) is 10.7. The maximum atomic E-state index is 12.5. The number of aliphatic hydroxyl groups excluding tert-OH is 1. The molecule has 23 heavy (non-hydrogen) atoms. The molecule has 1 N–H and O–H groups in total. The summed E-state index contributed by atoms with van der Waals surface area (Å²) in [5.74, 6) is -1.41. The Morgan fingerprint density at radius 1 is 1.17 bits per heavy atom. The molecule has 0 heterocycles. The van der Waals surface area contributed by atoms with Gasteiger partial charge in [0, 0.05) is 5.41 Å². The van der Waals surface area contributed by atoms with Crippen LogP contribution in [-0.4, -0.2) is 36.4 Å². The monoisotopic (exact) mass is 326 g/mol. The van der Waals surface area contributed by atoms with E-state index in [1.807, 2.05) is 27.7 Å². The SMILES string of the molecule is CCOC(=O)C1(C(=O)OCC)C=C[C@@](C)([C@@H](O)C(C)C)C[C@H]1C. The maximum Gasteiger partial charge on any atom is 0.327 e. The van der Waals surface area contributed by atoms with Crippen molar-refractivity contribution in [1.82, 2.24) is 0 Å². The van der Waals surface area contributed by atoms with Crippen LogP contribution in [0.4, 0.5) is 0 Å². The Morgan fingerprint density at radius 2 is 1.65 bits per heavy atom. The standard InChI is InChI=1S/C18H30O5/c1-7-22-15(20)18(16(21)23-8-2)10-9-17(6,11-13(18)5)14(19)12(3)4/h9-10,12-14,19H,7-8,11H2,1-6H3/t13-,14+,17-/m1/s1. The summed E-state index contributed by atoms with van der Waals surface area (Å²) in [7, 11) is 0. The Balaban J connectivity index is 3.28. The Morgan fingerprint density at radius 3 is 2.00 bits per heavy atom. The largest absolute Gasteiger partial charge is 0.465 e. The Hall–Kier alpha value is -1.36. The minimum absolute atomic E-state index is 0.0783. The average molecular weight is 326 g/mol. The Bertz CT molecular complexity index is 450. The zero-order chi connectivity index (χ0) is 17.8. The third-order valence-electron chi connectivity index (χ3n) is 4.78. The van der Waals surface area contributed by atoms with Crippen LogP contribution in [0.1, 0.15) is 48.0 Å². The van der Waals surface area contributed by atoms with Crippen molar-refractivity contribution < 1.29 is 24.2 Å². The molecule has 0 bridgehead atoms. The smallest absolute Gasteiger partial charge is 0.327 e. The molecule has 5 heteroatoms. The molecular formula is C18H30O5. The fourth-order valence-corrected chi connectivity index (χ4v) is 3.48. The van der Waals surface area contributed by atoms with Crippen molar-refractivity contribution in [2.75, 3.05) is 13.2 Å². The van der Waals surface area contributed by atoms with Crippen LogP contribution in [0.3, 0.4) is 0 Å². The highest BCUT2D eigenvalue weighted by Gasteiger charge is 2.56. The van der Waals surface area contributed by atoms with Crippen molar-refractivity contribution in [3.05, 3.63) is 12.2 Å². The molecule has 3 atom stereocenters. The summed E-state index contributed by atoms with van der Waals surface area (Å²) in [6.45, 7) is 11.5. The minimum atomic E-state index is -1.43. The Kier molecular flexibility index (Phi) is 6.40. The number of hydrogen-bond donors (Lipinski definition) is 1. The van der Waals surface area contributed by atoms with Crippen LogP contribution >= 0.6 is 0 Å². The summed E-state index contributed by atoms with van der Waals surface area (Å²) in [6.07, 6.45) is 3.32. The zero-order valence-electron chi connectivity index (χ0n) is 15.1. The first-order valence-electron chi connectivity index (χ1n) is 8.38. The Labute approximate surface area is 139 Å². The number of aliphatic hydroxyl groups is 1. The third-order valence-corrected chi connectivity index (χ3v) is 4.78. The molecule has 0 fully saturated rings. The lowest BCUT2D eigenvalue weighted by atomic mass is 9.60. The van der Waals surface area contributed by atoms with Gasteiger partial charge in [-0.3, -0.25) is 9.59 Å².